The lowest BCUT2D eigenvalue weighted by Gasteiger charge is -2.18. The molecule has 0 aliphatic heterocycles. The van der Waals surface area contributed by atoms with E-state index in [0.29, 0.717) is 11.4 Å². The highest BCUT2D eigenvalue weighted by molar-refractivity contribution is 5.51. The van der Waals surface area contributed by atoms with E-state index < -0.39 is 0 Å². The van der Waals surface area contributed by atoms with Crippen molar-refractivity contribution in [3.8, 4) is 5.75 Å². The number of aryl methyl sites for hydroxylation is 2. The van der Waals surface area contributed by atoms with Crippen LogP contribution < -0.4 is 10.1 Å². The molecule has 0 bridgehead atoms. The molecule has 2 nitrogen and oxygen atoms in total. The first kappa shape index (κ1) is 14.4. The highest BCUT2D eigenvalue weighted by atomic mass is 19.1. The van der Waals surface area contributed by atoms with Crippen LogP contribution in [0, 0.1) is 19.7 Å². The van der Waals surface area contributed by atoms with Crippen LogP contribution in [0.25, 0.3) is 0 Å². The van der Waals surface area contributed by atoms with Gasteiger partial charge in [-0.1, -0.05) is 18.2 Å². The van der Waals surface area contributed by atoms with Crippen molar-refractivity contribution in [2.45, 2.75) is 26.8 Å². The molecule has 0 aromatic heterocycles. The summed E-state index contributed by atoms with van der Waals surface area (Å²) in [5.74, 6) is 0.364. The lowest BCUT2D eigenvalue weighted by atomic mass is 10.0. The highest BCUT2D eigenvalue weighted by Crippen LogP contribution is 2.26. The van der Waals surface area contributed by atoms with Crippen molar-refractivity contribution in [3.05, 3.63) is 58.9 Å². The van der Waals surface area contributed by atoms with Gasteiger partial charge in [0.25, 0.3) is 0 Å². The average Bonchev–Trinajstić information content (AvgIpc) is 2.44. The molecule has 0 radical (unpaired) electrons. The maximum absolute atomic E-state index is 13.8. The number of benzene rings is 2. The molecule has 0 aliphatic rings. The van der Waals surface area contributed by atoms with Crippen molar-refractivity contribution in [1.82, 2.24) is 0 Å². The van der Waals surface area contributed by atoms with Crippen LogP contribution in [0.15, 0.2) is 36.4 Å². The zero-order valence-corrected chi connectivity index (χ0v) is 12.3. The van der Waals surface area contributed by atoms with Crippen LogP contribution in [0.2, 0.25) is 0 Å². The number of halogens is 1. The standard InChI is InChI=1S/C17H20FNO/c1-11-5-6-14(9-12(11)2)13(3)19-17-10-15(20-4)7-8-16(17)18/h5-10,13,19H,1-4H3. The number of rotatable bonds is 4. The van der Waals surface area contributed by atoms with Crippen LogP contribution in [-0.2, 0) is 0 Å². The minimum absolute atomic E-state index is 0.0240. The maximum atomic E-state index is 13.8. The quantitative estimate of drug-likeness (QED) is 0.877. The highest BCUT2D eigenvalue weighted by Gasteiger charge is 2.10. The second-order valence-corrected chi connectivity index (χ2v) is 5.06. The molecule has 1 N–H and O–H groups in total. The van der Waals surface area contributed by atoms with E-state index in [1.807, 2.05) is 6.92 Å². The Bertz CT molecular complexity index is 610. The Morgan fingerprint density at radius 1 is 1.05 bits per heavy atom. The van der Waals surface area contributed by atoms with Gasteiger partial charge < -0.3 is 10.1 Å². The van der Waals surface area contributed by atoms with Gasteiger partial charge in [-0.2, -0.15) is 0 Å². The summed E-state index contributed by atoms with van der Waals surface area (Å²) < 4.78 is 18.9. The largest absolute Gasteiger partial charge is 0.497 e. The van der Waals surface area contributed by atoms with Gasteiger partial charge in [0.1, 0.15) is 11.6 Å². The summed E-state index contributed by atoms with van der Waals surface area (Å²) in [4.78, 5) is 0. The fourth-order valence-electron chi connectivity index (χ4n) is 2.09. The summed E-state index contributed by atoms with van der Waals surface area (Å²) in [5.41, 5.74) is 4.08. The van der Waals surface area contributed by atoms with Crippen LogP contribution in [0.5, 0.6) is 5.75 Å². The van der Waals surface area contributed by atoms with E-state index in [1.54, 1.807) is 19.2 Å². The Morgan fingerprint density at radius 2 is 1.80 bits per heavy atom. The predicted octanol–water partition coefficient (Wildman–Crippen LogP) is 4.62. The van der Waals surface area contributed by atoms with Crippen LogP contribution >= 0.6 is 0 Å². The number of anilines is 1. The Hall–Kier alpha value is -2.03. The second kappa shape index (κ2) is 5.95. The summed E-state index contributed by atoms with van der Waals surface area (Å²) in [5, 5.41) is 3.19. The minimum atomic E-state index is -0.276. The molecular formula is C17H20FNO. The SMILES string of the molecule is COc1ccc(F)c(NC(C)c2ccc(C)c(C)c2)c1. The molecule has 2 rings (SSSR count). The van der Waals surface area contributed by atoms with Gasteiger partial charge in [-0.05, 0) is 49.6 Å². The Morgan fingerprint density at radius 3 is 2.45 bits per heavy atom. The molecule has 2 aromatic rings. The van der Waals surface area contributed by atoms with E-state index in [4.69, 9.17) is 4.74 Å². The second-order valence-electron chi connectivity index (χ2n) is 5.06. The van der Waals surface area contributed by atoms with Gasteiger partial charge in [0.15, 0.2) is 0 Å². The zero-order chi connectivity index (χ0) is 14.7. The fraction of sp³-hybridized carbons (Fsp3) is 0.294. The van der Waals surface area contributed by atoms with Crippen molar-refractivity contribution < 1.29 is 9.13 Å². The molecular weight excluding hydrogens is 253 g/mol. The number of methoxy groups -OCH3 is 1. The van der Waals surface area contributed by atoms with E-state index >= 15 is 0 Å². The monoisotopic (exact) mass is 273 g/mol. The minimum Gasteiger partial charge on any atom is -0.497 e. The third kappa shape index (κ3) is 3.10. The number of hydrogen-bond donors (Lipinski definition) is 1. The number of nitrogens with one attached hydrogen (secondary N) is 1. The van der Waals surface area contributed by atoms with Gasteiger partial charge in [0.05, 0.1) is 12.8 Å². The smallest absolute Gasteiger partial charge is 0.146 e. The summed E-state index contributed by atoms with van der Waals surface area (Å²) in [6, 6.07) is 11.0. The van der Waals surface area contributed by atoms with E-state index in [0.717, 1.165) is 5.56 Å². The maximum Gasteiger partial charge on any atom is 0.146 e. The molecule has 0 fully saturated rings. The zero-order valence-electron chi connectivity index (χ0n) is 12.3. The van der Waals surface area contributed by atoms with E-state index in [-0.39, 0.29) is 11.9 Å². The third-order valence-electron chi connectivity index (χ3n) is 3.58. The van der Waals surface area contributed by atoms with Crippen molar-refractivity contribution in [2.24, 2.45) is 0 Å². The normalized spacial score (nSPS) is 12.1. The third-order valence-corrected chi connectivity index (χ3v) is 3.58. The van der Waals surface area contributed by atoms with Crippen LogP contribution in [0.1, 0.15) is 29.7 Å². The average molecular weight is 273 g/mol. The topological polar surface area (TPSA) is 21.3 Å². The van der Waals surface area contributed by atoms with Crippen molar-refractivity contribution >= 4 is 5.69 Å². The predicted molar refractivity (Wildman–Crippen MR) is 80.9 cm³/mol. The first-order valence-corrected chi connectivity index (χ1v) is 6.68. The summed E-state index contributed by atoms with van der Waals surface area (Å²) in [7, 11) is 1.57. The van der Waals surface area contributed by atoms with Gasteiger partial charge >= 0.3 is 0 Å². The van der Waals surface area contributed by atoms with E-state index in [9.17, 15) is 4.39 Å². The fourth-order valence-corrected chi connectivity index (χ4v) is 2.09. The molecule has 0 aliphatic carbocycles. The summed E-state index contributed by atoms with van der Waals surface area (Å²) >= 11 is 0. The number of ether oxygens (including phenoxy) is 1. The van der Waals surface area contributed by atoms with E-state index in [1.165, 1.54) is 17.2 Å². The molecule has 1 atom stereocenters. The molecule has 0 saturated heterocycles. The van der Waals surface area contributed by atoms with Gasteiger partial charge in [-0.15, -0.1) is 0 Å². The molecule has 20 heavy (non-hydrogen) atoms. The molecule has 0 amide bonds. The summed E-state index contributed by atoms with van der Waals surface area (Å²) in [6.45, 7) is 6.18. The first-order valence-electron chi connectivity index (χ1n) is 6.68. The lowest BCUT2D eigenvalue weighted by Crippen LogP contribution is -2.08. The molecule has 0 heterocycles. The Balaban J connectivity index is 2.22. The van der Waals surface area contributed by atoms with Gasteiger partial charge in [0.2, 0.25) is 0 Å². The van der Waals surface area contributed by atoms with Crippen LogP contribution in [0.4, 0.5) is 10.1 Å². The Kier molecular flexibility index (Phi) is 4.28. The van der Waals surface area contributed by atoms with Crippen LogP contribution in [0.3, 0.4) is 0 Å². The molecule has 2 aromatic carbocycles. The van der Waals surface area contributed by atoms with Crippen molar-refractivity contribution in [3.63, 3.8) is 0 Å². The Labute approximate surface area is 119 Å². The molecule has 0 saturated carbocycles. The van der Waals surface area contributed by atoms with Crippen molar-refractivity contribution in [1.29, 1.82) is 0 Å². The molecule has 0 spiro atoms. The van der Waals surface area contributed by atoms with Crippen molar-refractivity contribution in [2.75, 3.05) is 12.4 Å². The van der Waals surface area contributed by atoms with Gasteiger partial charge in [0, 0.05) is 12.1 Å². The van der Waals surface area contributed by atoms with Gasteiger partial charge in [-0.3, -0.25) is 0 Å². The summed E-state index contributed by atoms with van der Waals surface area (Å²) in [6.07, 6.45) is 0. The molecule has 3 heteroatoms. The number of hydrogen-bond acceptors (Lipinski definition) is 2. The molecule has 1 unspecified atom stereocenters. The van der Waals surface area contributed by atoms with Gasteiger partial charge in [-0.25, -0.2) is 4.39 Å². The molecule has 106 valence electrons. The first-order chi connectivity index (χ1) is 9.51. The van der Waals surface area contributed by atoms with E-state index in [2.05, 4.69) is 37.4 Å². The van der Waals surface area contributed by atoms with Crippen LogP contribution in [-0.4, -0.2) is 7.11 Å². The lowest BCUT2D eigenvalue weighted by molar-refractivity contribution is 0.414.